The minimum Gasteiger partial charge on any atom is -0.350 e. The van der Waals surface area contributed by atoms with Gasteiger partial charge < -0.3 is 9.80 Å². The summed E-state index contributed by atoms with van der Waals surface area (Å²) in [7, 11) is 1.80. The number of amides is 1. The minimum atomic E-state index is -0.0309. The fourth-order valence-electron chi connectivity index (χ4n) is 5.60. The third-order valence-corrected chi connectivity index (χ3v) is 7.51. The first-order valence-electron chi connectivity index (χ1n) is 12.4. The summed E-state index contributed by atoms with van der Waals surface area (Å²) in [6.07, 6.45) is 4.38. The van der Waals surface area contributed by atoms with Crippen LogP contribution in [-0.4, -0.2) is 60.3 Å². The van der Waals surface area contributed by atoms with Gasteiger partial charge >= 0.3 is 5.69 Å². The quantitative estimate of drug-likeness (QED) is 0.642. The molecule has 1 N–H and O–H groups in total. The highest BCUT2D eigenvalue weighted by Crippen LogP contribution is 2.39. The van der Waals surface area contributed by atoms with Crippen molar-refractivity contribution in [2.45, 2.75) is 71.0 Å². The summed E-state index contributed by atoms with van der Waals surface area (Å²) in [4.78, 5) is 35.4. The molecule has 3 saturated heterocycles. The monoisotopic (exact) mass is 463 g/mol. The topological polar surface area (TPSA) is 92.0 Å². The Morgan fingerprint density at radius 2 is 1.88 bits per heavy atom. The molecule has 9 heteroatoms. The Bertz CT molecular complexity index is 1320. The van der Waals surface area contributed by atoms with Crippen LogP contribution in [0.5, 0.6) is 0 Å². The second-order valence-electron chi connectivity index (χ2n) is 11.5. The van der Waals surface area contributed by atoms with Crippen LogP contribution in [0.25, 0.3) is 11.2 Å². The van der Waals surface area contributed by atoms with Gasteiger partial charge in [-0.25, -0.2) is 9.78 Å². The Kier molecular flexibility index (Phi) is 4.70. The number of pyridine rings is 1. The lowest BCUT2D eigenvalue weighted by atomic mass is 9.90. The smallest absolute Gasteiger partial charge is 0.330 e. The van der Waals surface area contributed by atoms with Crippen LogP contribution in [0.3, 0.4) is 0 Å². The van der Waals surface area contributed by atoms with Crippen LogP contribution < -0.4 is 10.6 Å². The largest absolute Gasteiger partial charge is 0.350 e. The summed E-state index contributed by atoms with van der Waals surface area (Å²) >= 11 is 0. The predicted octanol–water partition coefficient (Wildman–Crippen LogP) is 2.88. The highest BCUT2D eigenvalue weighted by atomic mass is 16.2. The zero-order chi connectivity index (χ0) is 23.8. The second kappa shape index (κ2) is 7.45. The molecule has 6 heterocycles. The Morgan fingerprint density at radius 3 is 2.56 bits per heavy atom. The van der Waals surface area contributed by atoms with E-state index in [1.807, 2.05) is 27.7 Å². The van der Waals surface area contributed by atoms with Crippen LogP contribution in [0.4, 0.5) is 5.82 Å². The van der Waals surface area contributed by atoms with Crippen molar-refractivity contribution in [2.75, 3.05) is 18.0 Å². The van der Waals surface area contributed by atoms with E-state index in [2.05, 4.69) is 35.9 Å². The number of piperazine rings is 1. The van der Waals surface area contributed by atoms with Gasteiger partial charge in [-0.05, 0) is 49.3 Å². The molecule has 34 heavy (non-hydrogen) atoms. The molecule has 3 aliphatic heterocycles. The molecule has 1 aliphatic carbocycles. The molecule has 1 amide bonds. The lowest BCUT2D eigenvalue weighted by Gasteiger charge is -2.51. The number of rotatable bonds is 4. The van der Waals surface area contributed by atoms with Gasteiger partial charge in [-0.2, -0.15) is 5.10 Å². The van der Waals surface area contributed by atoms with Crippen molar-refractivity contribution in [2.24, 2.45) is 12.5 Å². The summed E-state index contributed by atoms with van der Waals surface area (Å²) in [6.45, 7) is 8.49. The molecule has 0 spiro atoms. The van der Waals surface area contributed by atoms with Gasteiger partial charge in [0.2, 0.25) is 0 Å². The van der Waals surface area contributed by atoms with E-state index < -0.39 is 0 Å². The number of H-pyrrole nitrogens is 1. The number of aromatic amines is 1. The van der Waals surface area contributed by atoms with Crippen molar-refractivity contribution in [3.8, 4) is 0 Å². The normalized spacial score (nSPS) is 22.7. The fourth-order valence-corrected chi connectivity index (χ4v) is 5.60. The summed E-state index contributed by atoms with van der Waals surface area (Å²) in [5.41, 5.74) is 3.18. The van der Waals surface area contributed by atoms with Crippen LogP contribution >= 0.6 is 0 Å². The first kappa shape index (κ1) is 21.4. The molecule has 2 atom stereocenters. The number of carbonyl (C=O) groups is 1. The first-order valence-corrected chi connectivity index (χ1v) is 12.4. The molecule has 4 fully saturated rings. The summed E-state index contributed by atoms with van der Waals surface area (Å²) < 4.78 is 3.48. The number of hydrogen-bond donors (Lipinski definition) is 1. The summed E-state index contributed by atoms with van der Waals surface area (Å²) in [5.74, 6) is 1.47. The van der Waals surface area contributed by atoms with E-state index in [1.165, 1.54) is 12.8 Å². The molecule has 3 aromatic heterocycles. The summed E-state index contributed by atoms with van der Waals surface area (Å²) in [6, 6.07) is 6.37. The number of carbonyl (C=O) groups excluding carboxylic acids is 1. The molecular formula is C25H33N7O2. The number of anilines is 1. The average molecular weight is 464 g/mol. The van der Waals surface area contributed by atoms with Gasteiger partial charge in [-0.15, -0.1) is 0 Å². The Hall–Kier alpha value is -3.10. The molecule has 9 nitrogen and oxygen atoms in total. The molecule has 2 bridgehead atoms. The first-order chi connectivity index (χ1) is 16.2. The van der Waals surface area contributed by atoms with Gasteiger partial charge in [-0.3, -0.25) is 19.0 Å². The highest BCUT2D eigenvalue weighted by molar-refractivity contribution is 5.93. The number of fused-ring (bicyclic) bond motifs is 4. The van der Waals surface area contributed by atoms with E-state index in [0.29, 0.717) is 30.3 Å². The number of nitrogens with one attached hydrogen (secondary N) is 1. The third-order valence-electron chi connectivity index (χ3n) is 7.51. The molecule has 3 aromatic rings. The fraction of sp³-hybridized carbons (Fsp3) is 0.600. The maximum atomic E-state index is 13.2. The Balaban J connectivity index is 1.25. The second-order valence-corrected chi connectivity index (χ2v) is 11.5. The molecule has 1 saturated carbocycles. The third kappa shape index (κ3) is 3.52. The van der Waals surface area contributed by atoms with Crippen LogP contribution in [0.15, 0.2) is 23.0 Å². The van der Waals surface area contributed by atoms with Crippen LogP contribution in [0, 0.1) is 5.41 Å². The number of imidazole rings is 1. The average Bonchev–Trinajstić information content (AvgIpc) is 3.51. The minimum absolute atomic E-state index is 0.00707. The molecule has 0 radical (unpaired) electrons. The van der Waals surface area contributed by atoms with E-state index in [0.717, 1.165) is 36.4 Å². The molecular weight excluding hydrogens is 430 g/mol. The van der Waals surface area contributed by atoms with E-state index >= 15 is 0 Å². The van der Waals surface area contributed by atoms with Gasteiger partial charge in [-0.1, -0.05) is 20.8 Å². The van der Waals surface area contributed by atoms with E-state index in [9.17, 15) is 9.59 Å². The van der Waals surface area contributed by atoms with Crippen molar-refractivity contribution in [3.05, 3.63) is 40.1 Å². The molecule has 7 rings (SSSR count). The molecule has 0 aromatic carbocycles. The van der Waals surface area contributed by atoms with Gasteiger partial charge in [0.25, 0.3) is 5.91 Å². The maximum absolute atomic E-state index is 13.2. The van der Waals surface area contributed by atoms with E-state index in [-0.39, 0.29) is 29.1 Å². The highest BCUT2D eigenvalue weighted by Gasteiger charge is 2.42. The predicted molar refractivity (Wildman–Crippen MR) is 130 cm³/mol. The number of aryl methyl sites for hydroxylation is 1. The number of hydrogen-bond acceptors (Lipinski definition) is 5. The van der Waals surface area contributed by atoms with Gasteiger partial charge in [0, 0.05) is 44.7 Å². The molecule has 2 unspecified atom stereocenters. The maximum Gasteiger partial charge on any atom is 0.330 e. The zero-order valence-corrected chi connectivity index (χ0v) is 20.4. The number of aromatic nitrogens is 5. The zero-order valence-electron chi connectivity index (χ0n) is 20.4. The lowest BCUT2D eigenvalue weighted by molar-refractivity contribution is 0.0498. The van der Waals surface area contributed by atoms with Crippen LogP contribution in [-0.2, 0) is 13.6 Å². The van der Waals surface area contributed by atoms with Crippen molar-refractivity contribution < 1.29 is 4.79 Å². The number of nitrogens with zero attached hydrogens (tertiary/aromatic N) is 6. The van der Waals surface area contributed by atoms with Crippen LogP contribution in [0.1, 0.15) is 68.6 Å². The Labute approximate surface area is 198 Å². The molecule has 180 valence electrons. The number of piperidine rings is 2. The summed E-state index contributed by atoms with van der Waals surface area (Å²) in [5, 5.41) is 7.34. The lowest BCUT2D eigenvalue weighted by Crippen LogP contribution is -2.64. The standard InChI is InChI=1S/C25H33N7O2/c1-25(2,3)14-32-20-9-10-21(26-22(20)29(4)24(32)34)30-12-17-8-7-16(30)13-31(17)23(33)19-11-18(27-28-19)15-5-6-15/h9-11,15-17H,5-8,12-14H2,1-4H3,(H,27,28). The van der Waals surface area contributed by atoms with Gasteiger partial charge in [0.05, 0.1) is 11.2 Å². The van der Waals surface area contributed by atoms with Crippen molar-refractivity contribution in [1.82, 2.24) is 29.2 Å². The van der Waals surface area contributed by atoms with Crippen molar-refractivity contribution in [3.63, 3.8) is 0 Å². The molecule has 4 aliphatic rings. The Morgan fingerprint density at radius 1 is 1.12 bits per heavy atom. The van der Waals surface area contributed by atoms with E-state index in [1.54, 1.807) is 11.6 Å². The van der Waals surface area contributed by atoms with Crippen LogP contribution in [0.2, 0.25) is 0 Å². The van der Waals surface area contributed by atoms with Gasteiger partial charge in [0.15, 0.2) is 5.65 Å². The van der Waals surface area contributed by atoms with Crippen molar-refractivity contribution >= 4 is 22.9 Å². The SMILES string of the molecule is Cn1c(=O)n(CC(C)(C)C)c2ccc(N3CC4CCC3CN4C(=O)c3cc(C4CC4)n[nH]3)nc21. The van der Waals surface area contributed by atoms with Crippen molar-refractivity contribution in [1.29, 1.82) is 0 Å². The van der Waals surface area contributed by atoms with Gasteiger partial charge in [0.1, 0.15) is 11.5 Å². The van der Waals surface area contributed by atoms with E-state index in [4.69, 9.17) is 4.98 Å².